The minimum Gasteiger partial charge on any atom is -0.476 e. The quantitative estimate of drug-likeness (QED) is 0.780. The van der Waals surface area contributed by atoms with Gasteiger partial charge in [-0.25, -0.2) is 0 Å². The third-order valence-corrected chi connectivity index (χ3v) is 2.97. The first kappa shape index (κ1) is 12.4. The summed E-state index contributed by atoms with van der Waals surface area (Å²) in [5.41, 5.74) is 0.983. The first-order valence-corrected chi connectivity index (χ1v) is 6.59. The lowest BCUT2D eigenvalue weighted by atomic mass is 10.2. The van der Waals surface area contributed by atoms with E-state index in [1.54, 1.807) is 0 Å². The monoisotopic (exact) mass is 265 g/mol. The lowest BCUT2D eigenvalue weighted by Crippen LogP contribution is -2.01. The Kier molecular flexibility index (Phi) is 3.46. The van der Waals surface area contributed by atoms with Crippen molar-refractivity contribution in [1.82, 2.24) is 10.2 Å². The summed E-state index contributed by atoms with van der Waals surface area (Å²) in [5.74, 6) is 1.30. The fourth-order valence-electron chi connectivity index (χ4n) is 2.07. The van der Waals surface area contributed by atoms with Gasteiger partial charge in [-0.15, -0.1) is 10.2 Å². The Morgan fingerprint density at radius 2 is 1.60 bits per heavy atom. The predicted molar refractivity (Wildman–Crippen MR) is 80.4 cm³/mol. The van der Waals surface area contributed by atoms with E-state index in [1.165, 1.54) is 0 Å². The molecule has 0 bridgehead atoms. The minimum atomic E-state index is 0.571. The summed E-state index contributed by atoms with van der Waals surface area (Å²) >= 11 is 0. The van der Waals surface area contributed by atoms with E-state index < -0.39 is 0 Å². The molecule has 20 heavy (non-hydrogen) atoms. The second kappa shape index (κ2) is 5.57. The largest absolute Gasteiger partial charge is 0.476 e. The van der Waals surface area contributed by atoms with Gasteiger partial charge in [0.15, 0.2) is 5.82 Å². The number of benzene rings is 2. The number of hydrogen-bond donors (Lipinski definition) is 1. The van der Waals surface area contributed by atoms with Crippen LogP contribution in [0.4, 0.5) is 11.5 Å². The highest BCUT2D eigenvalue weighted by atomic mass is 16.5. The summed E-state index contributed by atoms with van der Waals surface area (Å²) in [4.78, 5) is 0. The standard InChI is InChI=1S/C16H15N3O/c1-2-20-16-14-11-7-6-10-13(14)15(18-19-16)17-12-8-4-3-5-9-12/h3-11H,2H2,1H3,(H,17,18). The molecule has 0 atom stereocenters. The molecule has 1 heterocycles. The number of anilines is 2. The van der Waals surface area contributed by atoms with Gasteiger partial charge in [-0.2, -0.15) is 0 Å². The number of ether oxygens (including phenoxy) is 1. The van der Waals surface area contributed by atoms with Gasteiger partial charge in [-0.3, -0.25) is 0 Å². The number of fused-ring (bicyclic) bond motifs is 1. The van der Waals surface area contributed by atoms with E-state index in [0.29, 0.717) is 12.5 Å². The highest BCUT2D eigenvalue weighted by molar-refractivity contribution is 5.95. The van der Waals surface area contributed by atoms with Gasteiger partial charge in [0.25, 0.3) is 0 Å². The van der Waals surface area contributed by atoms with Crippen LogP contribution in [0.3, 0.4) is 0 Å². The highest BCUT2D eigenvalue weighted by Crippen LogP contribution is 2.29. The molecule has 2 aromatic carbocycles. The van der Waals surface area contributed by atoms with Gasteiger partial charge in [-0.1, -0.05) is 36.4 Å². The molecule has 0 aliphatic rings. The van der Waals surface area contributed by atoms with E-state index in [9.17, 15) is 0 Å². The molecule has 0 aliphatic carbocycles. The molecule has 4 heteroatoms. The van der Waals surface area contributed by atoms with Gasteiger partial charge in [0.05, 0.1) is 6.61 Å². The lowest BCUT2D eigenvalue weighted by molar-refractivity contribution is 0.327. The molecule has 0 radical (unpaired) electrons. The van der Waals surface area contributed by atoms with E-state index in [2.05, 4.69) is 15.5 Å². The molecule has 4 nitrogen and oxygen atoms in total. The van der Waals surface area contributed by atoms with Crippen LogP contribution < -0.4 is 10.1 Å². The summed E-state index contributed by atoms with van der Waals surface area (Å²) in [6.45, 7) is 2.51. The van der Waals surface area contributed by atoms with Gasteiger partial charge in [0, 0.05) is 16.5 Å². The predicted octanol–water partition coefficient (Wildman–Crippen LogP) is 3.77. The molecule has 0 amide bonds. The lowest BCUT2D eigenvalue weighted by Gasteiger charge is -2.10. The molecule has 0 saturated heterocycles. The van der Waals surface area contributed by atoms with Crippen LogP contribution in [0.2, 0.25) is 0 Å². The van der Waals surface area contributed by atoms with Crippen LogP contribution >= 0.6 is 0 Å². The second-order valence-corrected chi connectivity index (χ2v) is 4.32. The smallest absolute Gasteiger partial charge is 0.241 e. The summed E-state index contributed by atoms with van der Waals surface area (Å²) < 4.78 is 5.52. The Hall–Kier alpha value is -2.62. The van der Waals surface area contributed by atoms with Crippen molar-refractivity contribution < 1.29 is 4.74 Å². The Labute approximate surface area is 117 Å². The van der Waals surface area contributed by atoms with Crippen molar-refractivity contribution in [2.24, 2.45) is 0 Å². The Balaban J connectivity index is 2.06. The zero-order valence-corrected chi connectivity index (χ0v) is 11.2. The van der Waals surface area contributed by atoms with Crippen molar-refractivity contribution in [3.8, 4) is 5.88 Å². The molecule has 0 saturated carbocycles. The molecule has 0 spiro atoms. The van der Waals surface area contributed by atoms with Crippen molar-refractivity contribution >= 4 is 22.3 Å². The zero-order chi connectivity index (χ0) is 13.8. The maximum atomic E-state index is 5.52. The van der Waals surface area contributed by atoms with Crippen molar-refractivity contribution in [1.29, 1.82) is 0 Å². The summed E-state index contributed by atoms with van der Waals surface area (Å²) in [6.07, 6.45) is 0. The van der Waals surface area contributed by atoms with Crippen molar-refractivity contribution in [2.45, 2.75) is 6.92 Å². The molecule has 3 rings (SSSR count). The molecule has 0 unspecified atom stereocenters. The Morgan fingerprint density at radius 3 is 2.35 bits per heavy atom. The number of aromatic nitrogens is 2. The first-order valence-electron chi connectivity index (χ1n) is 6.59. The summed E-state index contributed by atoms with van der Waals surface area (Å²) in [5, 5.41) is 13.6. The topological polar surface area (TPSA) is 47.0 Å². The van der Waals surface area contributed by atoms with Crippen LogP contribution in [0.25, 0.3) is 10.8 Å². The summed E-state index contributed by atoms with van der Waals surface area (Å²) in [6, 6.07) is 17.9. The number of nitrogens with zero attached hydrogens (tertiary/aromatic N) is 2. The molecule has 0 aliphatic heterocycles. The molecule has 1 N–H and O–H groups in total. The average molecular weight is 265 g/mol. The minimum absolute atomic E-state index is 0.571. The fraction of sp³-hybridized carbons (Fsp3) is 0.125. The van der Waals surface area contributed by atoms with Crippen LogP contribution in [0.5, 0.6) is 5.88 Å². The van der Waals surface area contributed by atoms with Crippen LogP contribution in [-0.2, 0) is 0 Å². The van der Waals surface area contributed by atoms with Crippen LogP contribution in [0, 0.1) is 0 Å². The van der Waals surface area contributed by atoms with E-state index >= 15 is 0 Å². The van der Waals surface area contributed by atoms with Gasteiger partial charge in [0.2, 0.25) is 5.88 Å². The molecule has 3 aromatic rings. The van der Waals surface area contributed by atoms with Crippen LogP contribution in [-0.4, -0.2) is 16.8 Å². The van der Waals surface area contributed by atoms with Crippen LogP contribution in [0.15, 0.2) is 54.6 Å². The van der Waals surface area contributed by atoms with Gasteiger partial charge in [-0.05, 0) is 25.1 Å². The maximum absolute atomic E-state index is 5.52. The van der Waals surface area contributed by atoms with Crippen molar-refractivity contribution in [3.63, 3.8) is 0 Å². The van der Waals surface area contributed by atoms with E-state index in [1.807, 2.05) is 61.5 Å². The van der Waals surface area contributed by atoms with Gasteiger partial charge in [0.1, 0.15) is 0 Å². The molecule has 1 aromatic heterocycles. The normalized spacial score (nSPS) is 10.4. The van der Waals surface area contributed by atoms with E-state index in [4.69, 9.17) is 4.74 Å². The zero-order valence-electron chi connectivity index (χ0n) is 11.2. The molecular weight excluding hydrogens is 250 g/mol. The van der Waals surface area contributed by atoms with Crippen molar-refractivity contribution in [2.75, 3.05) is 11.9 Å². The average Bonchev–Trinajstić information content (AvgIpc) is 2.51. The maximum Gasteiger partial charge on any atom is 0.241 e. The second-order valence-electron chi connectivity index (χ2n) is 4.32. The Morgan fingerprint density at radius 1 is 0.900 bits per heavy atom. The molecule has 0 fully saturated rings. The van der Waals surface area contributed by atoms with Crippen LogP contribution in [0.1, 0.15) is 6.92 Å². The fourth-order valence-corrected chi connectivity index (χ4v) is 2.07. The Bertz CT molecular complexity index is 713. The first-order chi connectivity index (χ1) is 9.88. The van der Waals surface area contributed by atoms with Gasteiger partial charge < -0.3 is 10.1 Å². The number of nitrogens with one attached hydrogen (secondary N) is 1. The third kappa shape index (κ3) is 2.40. The van der Waals surface area contributed by atoms with Crippen molar-refractivity contribution in [3.05, 3.63) is 54.6 Å². The summed E-state index contributed by atoms with van der Waals surface area (Å²) in [7, 11) is 0. The van der Waals surface area contributed by atoms with E-state index in [0.717, 1.165) is 22.3 Å². The van der Waals surface area contributed by atoms with E-state index in [-0.39, 0.29) is 0 Å². The number of hydrogen-bond acceptors (Lipinski definition) is 4. The highest BCUT2D eigenvalue weighted by Gasteiger charge is 2.09. The number of rotatable bonds is 4. The molecule has 100 valence electrons. The van der Waals surface area contributed by atoms with Gasteiger partial charge >= 0.3 is 0 Å². The SMILES string of the molecule is CCOc1nnc(Nc2ccccc2)c2ccccc12. The number of para-hydroxylation sites is 1. The molecular formula is C16H15N3O. The third-order valence-electron chi connectivity index (χ3n) is 2.97.